The summed E-state index contributed by atoms with van der Waals surface area (Å²) in [6.07, 6.45) is 3.67. The van der Waals surface area contributed by atoms with Crippen LogP contribution >= 0.6 is 0 Å². The van der Waals surface area contributed by atoms with E-state index >= 15 is 0 Å². The van der Waals surface area contributed by atoms with Gasteiger partial charge in [0, 0.05) is 6.61 Å². The zero-order valence-electron chi connectivity index (χ0n) is 11.8. The fourth-order valence-corrected chi connectivity index (χ4v) is 4.95. The number of carboxylic acid groups (broad SMARTS) is 1. The standard InChI is InChI=1S/C13H23NO5S/c1-10-4-2-6-13(8-10,12(15)16)14-20(17,18)9-11-5-3-7-19-11/h10-11,14H,2-9H2,1H3,(H,15,16). The van der Waals surface area contributed by atoms with Gasteiger partial charge in [0.15, 0.2) is 0 Å². The van der Waals surface area contributed by atoms with Gasteiger partial charge in [-0.2, -0.15) is 4.72 Å². The van der Waals surface area contributed by atoms with Crippen molar-refractivity contribution in [1.29, 1.82) is 0 Å². The molecule has 0 aromatic carbocycles. The number of ether oxygens (including phenoxy) is 1. The molecule has 1 saturated carbocycles. The van der Waals surface area contributed by atoms with Crippen molar-refractivity contribution in [2.75, 3.05) is 12.4 Å². The van der Waals surface area contributed by atoms with Crippen molar-refractivity contribution in [3.63, 3.8) is 0 Å². The average molecular weight is 305 g/mol. The molecule has 6 nitrogen and oxygen atoms in total. The van der Waals surface area contributed by atoms with Crippen LogP contribution in [0.4, 0.5) is 0 Å². The van der Waals surface area contributed by atoms with Crippen LogP contribution in [0.2, 0.25) is 0 Å². The first-order valence-corrected chi connectivity index (χ1v) is 8.85. The molecule has 2 fully saturated rings. The van der Waals surface area contributed by atoms with Gasteiger partial charge in [-0.25, -0.2) is 8.42 Å². The molecular formula is C13H23NO5S. The molecule has 0 amide bonds. The molecular weight excluding hydrogens is 282 g/mol. The van der Waals surface area contributed by atoms with Crippen molar-refractivity contribution in [3.8, 4) is 0 Å². The highest BCUT2D eigenvalue weighted by atomic mass is 32.2. The zero-order valence-corrected chi connectivity index (χ0v) is 12.6. The zero-order chi connectivity index (χ0) is 14.8. The Kier molecular flexibility index (Phi) is 4.71. The summed E-state index contributed by atoms with van der Waals surface area (Å²) in [4.78, 5) is 11.6. The third kappa shape index (κ3) is 3.71. The topological polar surface area (TPSA) is 92.7 Å². The van der Waals surface area contributed by atoms with Gasteiger partial charge in [0.1, 0.15) is 5.54 Å². The maximum absolute atomic E-state index is 12.2. The van der Waals surface area contributed by atoms with Gasteiger partial charge >= 0.3 is 5.97 Å². The molecule has 0 spiro atoms. The minimum Gasteiger partial charge on any atom is -0.480 e. The molecule has 116 valence electrons. The van der Waals surface area contributed by atoms with E-state index in [0.717, 1.165) is 25.7 Å². The number of hydrogen-bond acceptors (Lipinski definition) is 4. The van der Waals surface area contributed by atoms with E-state index in [2.05, 4.69) is 4.72 Å². The molecule has 7 heteroatoms. The van der Waals surface area contributed by atoms with Crippen molar-refractivity contribution in [2.45, 2.75) is 57.1 Å². The quantitative estimate of drug-likeness (QED) is 0.794. The summed E-state index contributed by atoms with van der Waals surface area (Å²) in [7, 11) is -3.65. The first-order valence-electron chi connectivity index (χ1n) is 7.20. The summed E-state index contributed by atoms with van der Waals surface area (Å²) >= 11 is 0. The maximum Gasteiger partial charge on any atom is 0.324 e. The summed E-state index contributed by atoms with van der Waals surface area (Å²) in [5.74, 6) is -0.999. The number of sulfonamides is 1. The first kappa shape index (κ1) is 15.7. The summed E-state index contributed by atoms with van der Waals surface area (Å²) < 4.78 is 32.2. The normalized spacial score (nSPS) is 35.0. The average Bonchev–Trinajstić information content (AvgIpc) is 2.79. The minimum absolute atomic E-state index is 0.142. The van der Waals surface area contributed by atoms with Crippen molar-refractivity contribution in [2.24, 2.45) is 5.92 Å². The Morgan fingerprint density at radius 2 is 2.15 bits per heavy atom. The fourth-order valence-electron chi connectivity index (χ4n) is 3.24. The largest absolute Gasteiger partial charge is 0.480 e. The predicted octanol–water partition coefficient (Wildman–Crippen LogP) is 1.12. The Balaban J connectivity index is 2.08. The minimum atomic E-state index is -3.65. The molecule has 2 rings (SSSR count). The van der Waals surface area contributed by atoms with Gasteiger partial charge in [-0.3, -0.25) is 4.79 Å². The van der Waals surface area contributed by atoms with E-state index in [1.165, 1.54) is 0 Å². The Bertz CT molecular complexity index is 457. The number of carbonyl (C=O) groups is 1. The second-order valence-corrected chi connectivity index (χ2v) is 7.87. The van der Waals surface area contributed by atoms with Crippen LogP contribution in [0.5, 0.6) is 0 Å². The van der Waals surface area contributed by atoms with Crippen LogP contribution < -0.4 is 4.72 Å². The molecule has 0 bridgehead atoms. The second-order valence-electron chi connectivity index (χ2n) is 6.11. The lowest BCUT2D eigenvalue weighted by atomic mass is 9.77. The predicted molar refractivity (Wildman–Crippen MR) is 73.9 cm³/mol. The maximum atomic E-state index is 12.2. The van der Waals surface area contributed by atoms with Gasteiger partial charge in [-0.1, -0.05) is 19.8 Å². The molecule has 1 aliphatic carbocycles. The molecule has 0 aromatic heterocycles. The second kappa shape index (κ2) is 5.99. The van der Waals surface area contributed by atoms with E-state index in [1.807, 2.05) is 6.92 Å². The van der Waals surface area contributed by atoms with Crippen LogP contribution in [0, 0.1) is 5.92 Å². The van der Waals surface area contributed by atoms with Crippen LogP contribution in [0.25, 0.3) is 0 Å². The van der Waals surface area contributed by atoms with E-state index in [0.29, 0.717) is 19.4 Å². The molecule has 1 heterocycles. The van der Waals surface area contributed by atoms with E-state index in [-0.39, 0.29) is 17.8 Å². The summed E-state index contributed by atoms with van der Waals surface area (Å²) in [6, 6.07) is 0. The van der Waals surface area contributed by atoms with Crippen LogP contribution in [0.15, 0.2) is 0 Å². The van der Waals surface area contributed by atoms with Crippen molar-refractivity contribution in [1.82, 2.24) is 4.72 Å². The van der Waals surface area contributed by atoms with Crippen molar-refractivity contribution in [3.05, 3.63) is 0 Å². The Morgan fingerprint density at radius 1 is 1.40 bits per heavy atom. The third-order valence-electron chi connectivity index (χ3n) is 4.19. The van der Waals surface area contributed by atoms with E-state index in [1.54, 1.807) is 0 Å². The number of rotatable bonds is 5. The van der Waals surface area contributed by atoms with Gasteiger partial charge < -0.3 is 9.84 Å². The van der Waals surface area contributed by atoms with Crippen LogP contribution in [-0.4, -0.2) is 43.5 Å². The molecule has 1 saturated heterocycles. The lowest BCUT2D eigenvalue weighted by Gasteiger charge is -2.36. The Morgan fingerprint density at radius 3 is 2.70 bits per heavy atom. The number of aliphatic carboxylic acids is 1. The molecule has 1 aliphatic heterocycles. The van der Waals surface area contributed by atoms with Gasteiger partial charge in [0.05, 0.1) is 11.9 Å². The molecule has 20 heavy (non-hydrogen) atoms. The van der Waals surface area contributed by atoms with E-state index < -0.39 is 21.5 Å². The number of hydrogen-bond donors (Lipinski definition) is 2. The lowest BCUT2D eigenvalue weighted by Crippen LogP contribution is -2.57. The highest BCUT2D eigenvalue weighted by molar-refractivity contribution is 7.89. The van der Waals surface area contributed by atoms with Crippen LogP contribution in [-0.2, 0) is 19.6 Å². The highest BCUT2D eigenvalue weighted by Crippen LogP contribution is 2.33. The van der Waals surface area contributed by atoms with Crippen LogP contribution in [0.1, 0.15) is 45.4 Å². The number of nitrogens with one attached hydrogen (secondary N) is 1. The Labute approximate surface area is 119 Å². The molecule has 3 unspecified atom stereocenters. The summed E-state index contributed by atoms with van der Waals surface area (Å²) in [5.41, 5.74) is -1.34. The van der Waals surface area contributed by atoms with E-state index in [4.69, 9.17) is 4.74 Å². The first-order chi connectivity index (χ1) is 9.33. The molecule has 0 radical (unpaired) electrons. The van der Waals surface area contributed by atoms with Gasteiger partial charge in [-0.15, -0.1) is 0 Å². The van der Waals surface area contributed by atoms with E-state index in [9.17, 15) is 18.3 Å². The van der Waals surface area contributed by atoms with Crippen molar-refractivity contribution < 1.29 is 23.1 Å². The van der Waals surface area contributed by atoms with Gasteiger partial charge in [0.25, 0.3) is 0 Å². The molecule has 2 N–H and O–H groups in total. The van der Waals surface area contributed by atoms with Gasteiger partial charge in [-0.05, 0) is 31.6 Å². The highest BCUT2D eigenvalue weighted by Gasteiger charge is 2.45. The van der Waals surface area contributed by atoms with Gasteiger partial charge in [0.2, 0.25) is 10.0 Å². The lowest BCUT2D eigenvalue weighted by molar-refractivity contribution is -0.146. The van der Waals surface area contributed by atoms with Crippen LogP contribution in [0.3, 0.4) is 0 Å². The number of carboxylic acids is 1. The SMILES string of the molecule is CC1CCCC(NS(=O)(=O)CC2CCCO2)(C(=O)O)C1. The smallest absolute Gasteiger partial charge is 0.324 e. The molecule has 3 atom stereocenters. The third-order valence-corrected chi connectivity index (χ3v) is 5.70. The molecule has 0 aromatic rings. The Hall–Kier alpha value is -0.660. The fraction of sp³-hybridized carbons (Fsp3) is 0.923. The van der Waals surface area contributed by atoms with Crippen molar-refractivity contribution >= 4 is 16.0 Å². The molecule has 2 aliphatic rings. The summed E-state index contributed by atoms with van der Waals surface area (Å²) in [6.45, 7) is 2.55. The summed E-state index contributed by atoms with van der Waals surface area (Å²) in [5, 5.41) is 9.47. The monoisotopic (exact) mass is 305 g/mol.